The average Bonchev–Trinajstić information content (AvgIpc) is 2.90. The van der Waals surface area contributed by atoms with E-state index in [1.165, 1.54) is 0 Å². The molecule has 1 aliphatic rings. The highest BCUT2D eigenvalue weighted by Crippen LogP contribution is 2.26. The Morgan fingerprint density at radius 2 is 1.78 bits per heavy atom. The number of aliphatic hydroxyl groups is 1. The Hall–Kier alpha value is -4.31. The Bertz CT molecular complexity index is 1260. The largest absolute Gasteiger partial charge is 0.495 e. The lowest BCUT2D eigenvalue weighted by atomic mass is 10.1. The third-order valence-corrected chi connectivity index (χ3v) is 6.26. The first-order valence-electron chi connectivity index (χ1n) is 12.1. The number of methoxy groups -OCH3 is 1. The van der Waals surface area contributed by atoms with Crippen molar-refractivity contribution < 1.29 is 19.4 Å². The number of aromatic nitrogens is 1. The van der Waals surface area contributed by atoms with Crippen LogP contribution >= 0.6 is 0 Å². The zero-order chi connectivity index (χ0) is 26.4. The van der Waals surface area contributed by atoms with Gasteiger partial charge in [0.1, 0.15) is 11.6 Å². The quantitative estimate of drug-likeness (QED) is 0.400. The summed E-state index contributed by atoms with van der Waals surface area (Å²) < 4.78 is 5.30. The highest BCUT2D eigenvalue weighted by atomic mass is 16.5. The van der Waals surface area contributed by atoms with Crippen molar-refractivity contribution in [1.82, 2.24) is 9.88 Å². The summed E-state index contributed by atoms with van der Waals surface area (Å²) >= 11 is 0. The molecule has 4 N–H and O–H groups in total. The minimum absolute atomic E-state index is 0.136. The minimum Gasteiger partial charge on any atom is -0.495 e. The van der Waals surface area contributed by atoms with Crippen LogP contribution in [-0.4, -0.2) is 60.3 Å². The number of nitrogens with zero attached hydrogens (tertiary/aromatic N) is 3. The monoisotopic (exact) mass is 504 g/mol. The molecule has 1 saturated heterocycles. The molecule has 0 aliphatic carbocycles. The van der Waals surface area contributed by atoms with Crippen LogP contribution in [-0.2, 0) is 6.61 Å². The first-order valence-corrected chi connectivity index (χ1v) is 12.1. The molecular formula is C27H32N6O4. The van der Waals surface area contributed by atoms with Gasteiger partial charge in [-0.3, -0.25) is 0 Å². The van der Waals surface area contributed by atoms with Crippen LogP contribution in [0.1, 0.15) is 16.7 Å². The Labute approximate surface area is 216 Å². The molecule has 2 heterocycles. The van der Waals surface area contributed by atoms with Gasteiger partial charge < -0.3 is 35.6 Å². The number of ether oxygens (including phenoxy) is 1. The van der Waals surface area contributed by atoms with Crippen LogP contribution in [0.5, 0.6) is 5.75 Å². The van der Waals surface area contributed by atoms with Gasteiger partial charge in [-0.1, -0.05) is 24.3 Å². The number of amides is 4. The predicted molar refractivity (Wildman–Crippen MR) is 145 cm³/mol. The minimum atomic E-state index is -0.393. The standard InChI is InChI=1S/C27H32N6O4/c1-18-7-9-23(37-3)22(15-18)30-26(35)29-21-8-10-24(28-16-21)32-11-13-33(14-12-32)27(36)31-25-19(2)5-4-6-20(25)17-34/h4-10,15-16,34H,11-14,17H2,1-3H3,(H,31,36)(H2,29,30,35). The van der Waals surface area contributed by atoms with E-state index in [2.05, 4.69) is 25.8 Å². The van der Waals surface area contributed by atoms with E-state index in [4.69, 9.17) is 4.74 Å². The van der Waals surface area contributed by atoms with Crippen molar-refractivity contribution in [3.05, 3.63) is 71.4 Å². The topological polar surface area (TPSA) is 119 Å². The summed E-state index contributed by atoms with van der Waals surface area (Å²) in [5, 5.41) is 18.1. The van der Waals surface area contributed by atoms with E-state index in [1.807, 2.05) is 44.2 Å². The molecule has 1 aromatic heterocycles. The van der Waals surface area contributed by atoms with Crippen molar-refractivity contribution in [3.63, 3.8) is 0 Å². The number of benzene rings is 2. The highest BCUT2D eigenvalue weighted by Gasteiger charge is 2.23. The van der Waals surface area contributed by atoms with E-state index in [9.17, 15) is 14.7 Å². The maximum atomic E-state index is 12.8. The second-order valence-corrected chi connectivity index (χ2v) is 8.86. The number of piperazine rings is 1. The Balaban J connectivity index is 1.30. The fraction of sp³-hybridized carbons (Fsp3) is 0.296. The fourth-order valence-corrected chi connectivity index (χ4v) is 4.22. The zero-order valence-corrected chi connectivity index (χ0v) is 21.2. The molecule has 4 rings (SSSR count). The number of aryl methyl sites for hydroxylation is 2. The maximum absolute atomic E-state index is 12.8. The van der Waals surface area contributed by atoms with Crippen LogP contribution in [0.3, 0.4) is 0 Å². The molecule has 2 aromatic carbocycles. The van der Waals surface area contributed by atoms with Crippen LogP contribution in [0.2, 0.25) is 0 Å². The fourth-order valence-electron chi connectivity index (χ4n) is 4.22. The van der Waals surface area contributed by atoms with Gasteiger partial charge in [0.05, 0.1) is 37.0 Å². The van der Waals surface area contributed by atoms with Crippen LogP contribution in [0.25, 0.3) is 0 Å². The van der Waals surface area contributed by atoms with Crippen molar-refractivity contribution in [1.29, 1.82) is 0 Å². The third kappa shape index (κ3) is 6.28. The molecule has 0 bridgehead atoms. The number of rotatable bonds is 6. The van der Waals surface area contributed by atoms with Gasteiger partial charge in [-0.05, 0) is 49.2 Å². The van der Waals surface area contributed by atoms with E-state index in [0.29, 0.717) is 54.6 Å². The smallest absolute Gasteiger partial charge is 0.323 e. The van der Waals surface area contributed by atoms with E-state index < -0.39 is 6.03 Å². The molecule has 10 nitrogen and oxygen atoms in total. The van der Waals surface area contributed by atoms with Gasteiger partial charge in [-0.15, -0.1) is 0 Å². The number of carbonyl (C=O) groups is 2. The van der Waals surface area contributed by atoms with E-state index in [1.54, 1.807) is 36.4 Å². The predicted octanol–water partition coefficient (Wildman–Crippen LogP) is 4.20. The summed E-state index contributed by atoms with van der Waals surface area (Å²) in [7, 11) is 1.56. The Morgan fingerprint density at radius 3 is 2.46 bits per heavy atom. The highest BCUT2D eigenvalue weighted by molar-refractivity contribution is 6.00. The first kappa shape index (κ1) is 25.8. The third-order valence-electron chi connectivity index (χ3n) is 6.26. The molecule has 194 valence electrons. The molecular weight excluding hydrogens is 472 g/mol. The molecule has 0 radical (unpaired) electrons. The van der Waals surface area contributed by atoms with Crippen molar-refractivity contribution in [2.75, 3.05) is 54.1 Å². The molecule has 4 amide bonds. The normalized spacial score (nSPS) is 13.2. The van der Waals surface area contributed by atoms with Crippen molar-refractivity contribution in [2.24, 2.45) is 0 Å². The lowest BCUT2D eigenvalue weighted by Crippen LogP contribution is -2.50. The molecule has 0 atom stereocenters. The number of pyridine rings is 1. The Kier molecular flexibility index (Phi) is 8.09. The summed E-state index contributed by atoms with van der Waals surface area (Å²) in [4.78, 5) is 33.6. The van der Waals surface area contributed by atoms with Crippen LogP contribution in [0.15, 0.2) is 54.7 Å². The number of urea groups is 2. The van der Waals surface area contributed by atoms with Gasteiger partial charge in [0.15, 0.2) is 0 Å². The number of carbonyl (C=O) groups excluding carboxylic acids is 2. The van der Waals surface area contributed by atoms with Crippen LogP contribution < -0.4 is 25.6 Å². The zero-order valence-electron chi connectivity index (χ0n) is 21.2. The first-order chi connectivity index (χ1) is 17.9. The number of hydrogen-bond acceptors (Lipinski definition) is 6. The van der Waals surface area contributed by atoms with Gasteiger partial charge in [0, 0.05) is 31.7 Å². The van der Waals surface area contributed by atoms with Crippen LogP contribution in [0, 0.1) is 13.8 Å². The molecule has 37 heavy (non-hydrogen) atoms. The van der Waals surface area contributed by atoms with Gasteiger partial charge in [-0.25, -0.2) is 14.6 Å². The van der Waals surface area contributed by atoms with E-state index in [0.717, 1.165) is 16.9 Å². The summed E-state index contributed by atoms with van der Waals surface area (Å²) in [5.74, 6) is 1.35. The van der Waals surface area contributed by atoms with Crippen molar-refractivity contribution in [3.8, 4) is 5.75 Å². The number of nitrogens with one attached hydrogen (secondary N) is 3. The summed E-state index contributed by atoms with van der Waals surface area (Å²) in [6.45, 7) is 6.03. The van der Waals surface area contributed by atoms with E-state index >= 15 is 0 Å². The summed E-state index contributed by atoms with van der Waals surface area (Å²) in [5.41, 5.74) is 4.40. The van der Waals surface area contributed by atoms with Gasteiger partial charge in [0.25, 0.3) is 0 Å². The van der Waals surface area contributed by atoms with Crippen molar-refractivity contribution >= 4 is 34.9 Å². The number of hydrogen-bond donors (Lipinski definition) is 4. The van der Waals surface area contributed by atoms with Gasteiger partial charge >= 0.3 is 12.1 Å². The second-order valence-electron chi connectivity index (χ2n) is 8.86. The molecule has 0 spiro atoms. The molecule has 1 fully saturated rings. The maximum Gasteiger partial charge on any atom is 0.323 e. The second kappa shape index (κ2) is 11.6. The SMILES string of the molecule is COc1ccc(C)cc1NC(=O)Nc1ccc(N2CCN(C(=O)Nc3c(C)cccc3CO)CC2)nc1. The lowest BCUT2D eigenvalue weighted by Gasteiger charge is -2.35. The van der Waals surface area contributed by atoms with Gasteiger partial charge in [0.2, 0.25) is 0 Å². The Morgan fingerprint density at radius 1 is 1.00 bits per heavy atom. The lowest BCUT2D eigenvalue weighted by molar-refractivity contribution is 0.208. The number of para-hydroxylation sites is 1. The molecule has 0 saturated carbocycles. The number of aliphatic hydroxyl groups excluding tert-OH is 1. The molecule has 1 aliphatic heterocycles. The molecule has 3 aromatic rings. The molecule has 0 unspecified atom stereocenters. The van der Waals surface area contributed by atoms with Crippen LogP contribution in [0.4, 0.5) is 32.5 Å². The number of anilines is 4. The summed E-state index contributed by atoms with van der Waals surface area (Å²) in [6.07, 6.45) is 1.61. The summed E-state index contributed by atoms with van der Waals surface area (Å²) in [6, 6.07) is 14.2. The van der Waals surface area contributed by atoms with Gasteiger partial charge in [-0.2, -0.15) is 0 Å². The van der Waals surface area contributed by atoms with Crippen molar-refractivity contribution in [2.45, 2.75) is 20.5 Å². The van der Waals surface area contributed by atoms with E-state index in [-0.39, 0.29) is 12.6 Å². The molecule has 10 heteroatoms. The average molecular weight is 505 g/mol.